The van der Waals surface area contributed by atoms with E-state index in [2.05, 4.69) is 16.7 Å². The van der Waals surface area contributed by atoms with E-state index >= 15 is 0 Å². The molecule has 2 aliphatic heterocycles. The lowest BCUT2D eigenvalue weighted by Gasteiger charge is -2.31. The molecule has 27 heavy (non-hydrogen) atoms. The van der Waals surface area contributed by atoms with Gasteiger partial charge in [-0.1, -0.05) is 12.1 Å². The summed E-state index contributed by atoms with van der Waals surface area (Å²) in [6.07, 6.45) is 3.67. The van der Waals surface area contributed by atoms with Gasteiger partial charge in [0.25, 0.3) is 0 Å². The Kier molecular flexibility index (Phi) is 9.57. The Hall–Kier alpha value is -1.65. The van der Waals surface area contributed by atoms with Gasteiger partial charge >= 0.3 is 0 Å². The first-order valence-corrected chi connectivity index (χ1v) is 9.93. The third-order valence-electron chi connectivity index (χ3n) is 5.17. The molecule has 0 amide bonds. The Bertz CT molecular complexity index is 557. The standard InChI is InChI=1S/C20H28N2O3.CH5N/c21-17-20(7-14-24-15-8-20)18-3-5-19(6-4-18)25-13-2-10-22-9-1-12-23-16-11-22;1-2/h3-6H,1-2,7-16H2;2H2,1H3. The number of ether oxygens (including phenoxy) is 3. The van der Waals surface area contributed by atoms with E-state index in [0.29, 0.717) is 19.8 Å². The van der Waals surface area contributed by atoms with Gasteiger partial charge in [0, 0.05) is 39.5 Å². The summed E-state index contributed by atoms with van der Waals surface area (Å²) in [5.41, 5.74) is 5.18. The summed E-state index contributed by atoms with van der Waals surface area (Å²) in [7, 11) is 1.50. The summed E-state index contributed by atoms with van der Waals surface area (Å²) < 4.78 is 16.8. The predicted octanol–water partition coefficient (Wildman–Crippen LogP) is 2.32. The first kappa shape index (κ1) is 21.6. The Balaban J connectivity index is 0.00000126. The molecule has 0 bridgehead atoms. The van der Waals surface area contributed by atoms with E-state index in [0.717, 1.165) is 69.8 Å². The first-order valence-electron chi connectivity index (χ1n) is 9.93. The van der Waals surface area contributed by atoms with Crippen LogP contribution in [0.25, 0.3) is 0 Å². The zero-order valence-corrected chi connectivity index (χ0v) is 16.5. The van der Waals surface area contributed by atoms with Crippen LogP contribution in [0.5, 0.6) is 5.75 Å². The molecule has 0 aliphatic carbocycles. The largest absolute Gasteiger partial charge is 0.494 e. The van der Waals surface area contributed by atoms with Gasteiger partial charge in [-0.25, -0.2) is 0 Å². The van der Waals surface area contributed by atoms with Crippen LogP contribution >= 0.6 is 0 Å². The third kappa shape index (κ3) is 6.47. The van der Waals surface area contributed by atoms with Crippen LogP contribution < -0.4 is 10.5 Å². The molecule has 1 aromatic carbocycles. The van der Waals surface area contributed by atoms with Crippen molar-refractivity contribution in [1.82, 2.24) is 4.90 Å². The molecule has 6 nitrogen and oxygen atoms in total. The molecule has 2 aliphatic rings. The zero-order chi connectivity index (χ0) is 19.4. The normalized spacial score (nSPS) is 19.9. The van der Waals surface area contributed by atoms with Crippen LogP contribution in [-0.2, 0) is 14.9 Å². The van der Waals surface area contributed by atoms with E-state index in [9.17, 15) is 5.26 Å². The maximum absolute atomic E-state index is 9.63. The van der Waals surface area contributed by atoms with Crippen LogP contribution in [0.2, 0.25) is 0 Å². The van der Waals surface area contributed by atoms with E-state index in [-0.39, 0.29) is 0 Å². The highest BCUT2D eigenvalue weighted by molar-refractivity contribution is 5.37. The second-order valence-electron chi connectivity index (χ2n) is 6.84. The molecule has 2 heterocycles. The van der Waals surface area contributed by atoms with E-state index in [1.54, 1.807) is 0 Å². The minimum Gasteiger partial charge on any atom is -0.494 e. The van der Waals surface area contributed by atoms with Crippen molar-refractivity contribution in [3.05, 3.63) is 29.8 Å². The number of nitrogens with zero attached hydrogens (tertiary/aromatic N) is 2. The predicted molar refractivity (Wildman–Crippen MR) is 106 cm³/mol. The fraction of sp³-hybridized carbons (Fsp3) is 0.667. The van der Waals surface area contributed by atoms with Crippen LogP contribution in [0.4, 0.5) is 0 Å². The van der Waals surface area contributed by atoms with Crippen LogP contribution in [-0.4, -0.2) is 64.6 Å². The average molecular weight is 376 g/mol. The number of rotatable bonds is 6. The van der Waals surface area contributed by atoms with Crippen LogP contribution in [0, 0.1) is 11.3 Å². The summed E-state index contributed by atoms with van der Waals surface area (Å²) in [5.74, 6) is 0.878. The Morgan fingerprint density at radius 2 is 1.78 bits per heavy atom. The van der Waals surface area contributed by atoms with Gasteiger partial charge < -0.3 is 24.8 Å². The van der Waals surface area contributed by atoms with E-state index < -0.39 is 5.41 Å². The number of nitrogens with two attached hydrogens (primary N) is 1. The SMILES string of the molecule is CN.N#CC1(c2ccc(OCCCN3CCCOCC3)cc2)CCOCC1. The second kappa shape index (κ2) is 11.9. The van der Waals surface area contributed by atoms with Crippen molar-refractivity contribution in [2.45, 2.75) is 31.1 Å². The fourth-order valence-electron chi connectivity index (χ4n) is 3.55. The van der Waals surface area contributed by atoms with Gasteiger partial charge in [-0.3, -0.25) is 0 Å². The van der Waals surface area contributed by atoms with Gasteiger partial charge in [-0.2, -0.15) is 5.26 Å². The third-order valence-corrected chi connectivity index (χ3v) is 5.17. The molecule has 3 rings (SSSR count). The average Bonchev–Trinajstić information content (AvgIpc) is 3.02. The van der Waals surface area contributed by atoms with Crippen LogP contribution in [0.1, 0.15) is 31.2 Å². The van der Waals surface area contributed by atoms with Crippen LogP contribution in [0.3, 0.4) is 0 Å². The number of nitriles is 1. The van der Waals surface area contributed by atoms with Crippen molar-refractivity contribution in [3.63, 3.8) is 0 Å². The molecule has 0 radical (unpaired) electrons. The number of hydrogen-bond acceptors (Lipinski definition) is 6. The smallest absolute Gasteiger partial charge is 0.119 e. The molecule has 0 spiro atoms. The van der Waals surface area contributed by atoms with Gasteiger partial charge in [0.05, 0.1) is 24.7 Å². The highest BCUT2D eigenvalue weighted by atomic mass is 16.5. The molecule has 0 unspecified atom stereocenters. The molecule has 0 aromatic heterocycles. The van der Waals surface area contributed by atoms with Gasteiger partial charge in [0.15, 0.2) is 0 Å². The summed E-state index contributed by atoms with van der Waals surface area (Å²) in [4.78, 5) is 2.45. The summed E-state index contributed by atoms with van der Waals surface area (Å²) >= 11 is 0. The molecule has 2 saturated heterocycles. The van der Waals surface area contributed by atoms with E-state index in [1.165, 1.54) is 7.05 Å². The first-order chi connectivity index (χ1) is 13.3. The molecule has 6 heteroatoms. The highest BCUT2D eigenvalue weighted by Crippen LogP contribution is 2.34. The molecule has 1 aromatic rings. The molecule has 0 saturated carbocycles. The Morgan fingerprint density at radius 3 is 2.48 bits per heavy atom. The maximum atomic E-state index is 9.63. The lowest BCUT2D eigenvalue weighted by molar-refractivity contribution is 0.0675. The summed E-state index contributed by atoms with van der Waals surface area (Å²) in [5, 5.41) is 9.63. The Labute approximate surface area is 163 Å². The van der Waals surface area contributed by atoms with Crippen molar-refractivity contribution in [2.24, 2.45) is 5.73 Å². The number of hydrogen-bond donors (Lipinski definition) is 1. The van der Waals surface area contributed by atoms with Gasteiger partial charge in [0.1, 0.15) is 5.75 Å². The van der Waals surface area contributed by atoms with Crippen molar-refractivity contribution in [3.8, 4) is 11.8 Å². The molecule has 2 N–H and O–H groups in total. The molecule has 2 fully saturated rings. The second-order valence-corrected chi connectivity index (χ2v) is 6.84. The minimum atomic E-state index is -0.397. The maximum Gasteiger partial charge on any atom is 0.119 e. The lowest BCUT2D eigenvalue weighted by Crippen LogP contribution is -2.32. The quantitative estimate of drug-likeness (QED) is 0.769. The Morgan fingerprint density at radius 1 is 1.07 bits per heavy atom. The monoisotopic (exact) mass is 375 g/mol. The molecular formula is C21H33N3O3. The van der Waals surface area contributed by atoms with Gasteiger partial charge in [-0.05, 0) is 50.4 Å². The topological polar surface area (TPSA) is 80.7 Å². The van der Waals surface area contributed by atoms with E-state index in [4.69, 9.17) is 14.2 Å². The molecule has 0 atom stereocenters. The van der Waals surface area contributed by atoms with Gasteiger partial charge in [-0.15, -0.1) is 0 Å². The van der Waals surface area contributed by atoms with Crippen molar-refractivity contribution in [2.75, 3.05) is 59.7 Å². The van der Waals surface area contributed by atoms with Gasteiger partial charge in [0.2, 0.25) is 0 Å². The van der Waals surface area contributed by atoms with Crippen LogP contribution in [0.15, 0.2) is 24.3 Å². The molecular weight excluding hydrogens is 342 g/mol. The van der Waals surface area contributed by atoms with Crippen molar-refractivity contribution in [1.29, 1.82) is 5.26 Å². The minimum absolute atomic E-state index is 0.397. The van der Waals surface area contributed by atoms with E-state index in [1.807, 2.05) is 24.3 Å². The zero-order valence-electron chi connectivity index (χ0n) is 16.5. The lowest BCUT2D eigenvalue weighted by atomic mass is 9.75. The fourth-order valence-corrected chi connectivity index (χ4v) is 3.55. The molecule has 150 valence electrons. The van der Waals surface area contributed by atoms with Crippen molar-refractivity contribution < 1.29 is 14.2 Å². The summed E-state index contributed by atoms with van der Waals surface area (Å²) in [6, 6.07) is 10.6. The highest BCUT2D eigenvalue weighted by Gasteiger charge is 2.34. The number of benzene rings is 1. The van der Waals surface area contributed by atoms with Crippen molar-refractivity contribution >= 4 is 0 Å². The summed E-state index contributed by atoms with van der Waals surface area (Å²) in [6.45, 7) is 6.96.